The quantitative estimate of drug-likeness (QED) is 0.820. The SMILES string of the molecule is Cc1cc(=O)n(CCC(C)C)c(O)c1C(N)=O. The molecule has 0 saturated carbocycles. The summed E-state index contributed by atoms with van der Waals surface area (Å²) in [7, 11) is 0. The van der Waals surface area contributed by atoms with Crippen molar-refractivity contribution >= 4 is 5.91 Å². The molecule has 0 aliphatic carbocycles. The maximum atomic E-state index is 11.7. The summed E-state index contributed by atoms with van der Waals surface area (Å²) >= 11 is 0. The number of aromatic hydroxyl groups is 1. The molecule has 0 saturated heterocycles. The van der Waals surface area contributed by atoms with Crippen LogP contribution in [-0.4, -0.2) is 15.6 Å². The van der Waals surface area contributed by atoms with Crippen LogP contribution < -0.4 is 11.3 Å². The van der Waals surface area contributed by atoms with E-state index in [9.17, 15) is 14.7 Å². The van der Waals surface area contributed by atoms with Crippen molar-refractivity contribution in [3.63, 3.8) is 0 Å². The maximum Gasteiger partial charge on any atom is 0.254 e. The monoisotopic (exact) mass is 238 g/mol. The first-order chi connectivity index (χ1) is 7.84. The Morgan fingerprint density at radius 1 is 1.53 bits per heavy atom. The average Bonchev–Trinajstić information content (AvgIpc) is 2.14. The minimum atomic E-state index is -0.724. The van der Waals surface area contributed by atoms with Gasteiger partial charge in [-0.05, 0) is 24.8 Å². The molecule has 0 unspecified atom stereocenters. The molecule has 0 spiro atoms. The molecule has 1 aromatic heterocycles. The summed E-state index contributed by atoms with van der Waals surface area (Å²) < 4.78 is 1.19. The van der Waals surface area contributed by atoms with Gasteiger partial charge in [-0.3, -0.25) is 14.2 Å². The van der Waals surface area contributed by atoms with Gasteiger partial charge in [0.05, 0.1) is 0 Å². The third-order valence-corrected chi connectivity index (χ3v) is 2.66. The Kier molecular flexibility index (Phi) is 3.93. The summed E-state index contributed by atoms with van der Waals surface area (Å²) in [6, 6.07) is 1.32. The van der Waals surface area contributed by atoms with Gasteiger partial charge >= 0.3 is 0 Å². The first kappa shape index (κ1) is 13.3. The molecule has 0 atom stereocenters. The van der Waals surface area contributed by atoms with Gasteiger partial charge in [-0.25, -0.2) is 0 Å². The van der Waals surface area contributed by atoms with Crippen LogP contribution in [0.25, 0.3) is 0 Å². The summed E-state index contributed by atoms with van der Waals surface area (Å²) in [6.07, 6.45) is 0.745. The van der Waals surface area contributed by atoms with Crippen molar-refractivity contribution in [2.45, 2.75) is 33.7 Å². The Morgan fingerprint density at radius 2 is 2.12 bits per heavy atom. The van der Waals surface area contributed by atoms with E-state index in [0.29, 0.717) is 18.0 Å². The molecule has 17 heavy (non-hydrogen) atoms. The lowest BCUT2D eigenvalue weighted by molar-refractivity contribution is 0.0995. The van der Waals surface area contributed by atoms with Crippen molar-refractivity contribution in [1.82, 2.24) is 4.57 Å². The van der Waals surface area contributed by atoms with Gasteiger partial charge < -0.3 is 10.8 Å². The predicted octanol–water partition coefficient (Wildman–Crippen LogP) is 1.01. The lowest BCUT2D eigenvalue weighted by Gasteiger charge is -2.13. The Hall–Kier alpha value is -1.78. The number of nitrogens with zero attached hydrogens (tertiary/aromatic N) is 1. The summed E-state index contributed by atoms with van der Waals surface area (Å²) in [5.41, 5.74) is 5.29. The van der Waals surface area contributed by atoms with Gasteiger partial charge in [0.15, 0.2) is 0 Å². The number of rotatable bonds is 4. The Labute approximate surface area is 99.9 Å². The van der Waals surface area contributed by atoms with Gasteiger partial charge in [0.2, 0.25) is 5.88 Å². The summed E-state index contributed by atoms with van der Waals surface area (Å²) in [5, 5.41) is 9.90. The lowest BCUT2D eigenvalue weighted by Crippen LogP contribution is -2.25. The van der Waals surface area contributed by atoms with Gasteiger partial charge in [-0.1, -0.05) is 13.8 Å². The largest absolute Gasteiger partial charge is 0.494 e. The fourth-order valence-electron chi connectivity index (χ4n) is 1.66. The summed E-state index contributed by atoms with van der Waals surface area (Å²) in [4.78, 5) is 22.9. The minimum absolute atomic E-state index is 0.0216. The van der Waals surface area contributed by atoms with Crippen LogP contribution in [0.5, 0.6) is 5.88 Å². The van der Waals surface area contributed by atoms with E-state index in [2.05, 4.69) is 0 Å². The molecule has 5 nitrogen and oxygen atoms in total. The minimum Gasteiger partial charge on any atom is -0.494 e. The van der Waals surface area contributed by atoms with Gasteiger partial charge in [0, 0.05) is 12.6 Å². The number of nitrogens with two attached hydrogens (primary N) is 1. The molecule has 94 valence electrons. The molecule has 5 heteroatoms. The Bertz CT molecular complexity index is 489. The summed E-state index contributed by atoms with van der Waals surface area (Å²) in [5.74, 6) is -0.652. The van der Waals surface area contributed by atoms with E-state index in [1.807, 2.05) is 13.8 Å². The number of amides is 1. The average molecular weight is 238 g/mol. The number of aromatic nitrogens is 1. The lowest BCUT2D eigenvalue weighted by atomic mass is 10.1. The molecule has 1 aromatic rings. The van der Waals surface area contributed by atoms with Crippen LogP contribution in [0.4, 0.5) is 0 Å². The van der Waals surface area contributed by atoms with E-state index in [0.717, 1.165) is 6.42 Å². The molecule has 0 aromatic carbocycles. The number of hydrogen-bond acceptors (Lipinski definition) is 3. The first-order valence-electron chi connectivity index (χ1n) is 5.57. The normalized spacial score (nSPS) is 10.8. The Morgan fingerprint density at radius 3 is 2.59 bits per heavy atom. The molecule has 3 N–H and O–H groups in total. The molecular formula is C12H18N2O3. The molecule has 0 radical (unpaired) electrons. The van der Waals surface area contributed by atoms with Crippen molar-refractivity contribution in [2.75, 3.05) is 0 Å². The number of hydrogen-bond donors (Lipinski definition) is 2. The topological polar surface area (TPSA) is 85.3 Å². The number of pyridine rings is 1. The zero-order valence-electron chi connectivity index (χ0n) is 10.4. The van der Waals surface area contributed by atoms with Gasteiger partial charge in [-0.15, -0.1) is 0 Å². The fourth-order valence-corrected chi connectivity index (χ4v) is 1.66. The van der Waals surface area contributed by atoms with Crippen molar-refractivity contribution in [3.05, 3.63) is 27.5 Å². The van der Waals surface area contributed by atoms with Crippen LogP contribution in [0.15, 0.2) is 10.9 Å². The third kappa shape index (κ3) is 2.87. The second kappa shape index (κ2) is 5.03. The fraction of sp³-hybridized carbons (Fsp3) is 0.500. The van der Waals surface area contributed by atoms with Crippen LogP contribution >= 0.6 is 0 Å². The van der Waals surface area contributed by atoms with Crippen LogP contribution in [0, 0.1) is 12.8 Å². The van der Waals surface area contributed by atoms with Crippen LogP contribution in [0.3, 0.4) is 0 Å². The van der Waals surface area contributed by atoms with E-state index in [4.69, 9.17) is 5.73 Å². The zero-order chi connectivity index (χ0) is 13.2. The number of primary amides is 1. The second-order valence-corrected chi connectivity index (χ2v) is 4.56. The number of aryl methyl sites for hydroxylation is 1. The molecule has 1 amide bonds. The first-order valence-corrected chi connectivity index (χ1v) is 5.57. The van der Waals surface area contributed by atoms with E-state index in [-0.39, 0.29) is 17.0 Å². The highest BCUT2D eigenvalue weighted by Crippen LogP contribution is 2.18. The van der Waals surface area contributed by atoms with Crippen LogP contribution in [0.2, 0.25) is 0 Å². The third-order valence-electron chi connectivity index (χ3n) is 2.66. The molecule has 0 aliphatic heterocycles. The number of carbonyl (C=O) groups is 1. The second-order valence-electron chi connectivity index (χ2n) is 4.56. The molecule has 1 heterocycles. The van der Waals surface area contributed by atoms with E-state index in [1.54, 1.807) is 6.92 Å². The van der Waals surface area contributed by atoms with Gasteiger partial charge in [0.25, 0.3) is 11.5 Å². The highest BCUT2D eigenvalue weighted by Gasteiger charge is 2.16. The van der Waals surface area contributed by atoms with Crippen molar-refractivity contribution in [3.8, 4) is 5.88 Å². The zero-order valence-corrected chi connectivity index (χ0v) is 10.4. The van der Waals surface area contributed by atoms with E-state index in [1.165, 1.54) is 10.6 Å². The van der Waals surface area contributed by atoms with Crippen LogP contribution in [-0.2, 0) is 6.54 Å². The highest BCUT2D eigenvalue weighted by atomic mass is 16.3. The van der Waals surface area contributed by atoms with Crippen molar-refractivity contribution in [2.24, 2.45) is 11.7 Å². The van der Waals surface area contributed by atoms with Crippen molar-refractivity contribution < 1.29 is 9.90 Å². The predicted molar refractivity (Wildman–Crippen MR) is 65.1 cm³/mol. The smallest absolute Gasteiger partial charge is 0.254 e. The van der Waals surface area contributed by atoms with Gasteiger partial charge in [0.1, 0.15) is 5.56 Å². The molecule has 0 fully saturated rings. The summed E-state index contributed by atoms with van der Waals surface area (Å²) in [6.45, 7) is 5.99. The number of carbonyl (C=O) groups excluding carboxylic acids is 1. The van der Waals surface area contributed by atoms with E-state index < -0.39 is 5.91 Å². The van der Waals surface area contributed by atoms with Crippen LogP contribution in [0.1, 0.15) is 36.2 Å². The molecule has 1 rings (SSSR count). The molecule has 0 bridgehead atoms. The maximum absolute atomic E-state index is 11.7. The van der Waals surface area contributed by atoms with Crippen molar-refractivity contribution in [1.29, 1.82) is 0 Å². The highest BCUT2D eigenvalue weighted by molar-refractivity contribution is 5.96. The standard InChI is InChI=1S/C12H18N2O3/c1-7(2)4-5-14-9(15)6-8(3)10(11(13)16)12(14)17/h6-7,17H,4-5H2,1-3H3,(H2,13,16). The van der Waals surface area contributed by atoms with Gasteiger partial charge in [-0.2, -0.15) is 0 Å². The molecule has 0 aliphatic rings. The Balaban J connectivity index is 3.26. The molecular weight excluding hydrogens is 220 g/mol. The van der Waals surface area contributed by atoms with E-state index >= 15 is 0 Å².